The second kappa shape index (κ2) is 5.25. The Morgan fingerprint density at radius 3 is 1.40 bits per heavy atom. The van der Waals surface area contributed by atoms with Gasteiger partial charge >= 0.3 is 49.4 Å². The van der Waals surface area contributed by atoms with Crippen LogP contribution in [0.15, 0.2) is 0 Å². The topological polar surface area (TPSA) is 17.1 Å². The molecule has 0 atom stereocenters. The number of rotatable bonds is 0. The summed E-state index contributed by atoms with van der Waals surface area (Å²) in [7, 11) is 0. The van der Waals surface area contributed by atoms with E-state index in [0.717, 1.165) is 0 Å². The van der Waals surface area contributed by atoms with Gasteiger partial charge in [0.15, 0.2) is 0 Å². The third-order valence-corrected chi connectivity index (χ3v) is 0. The molecule has 0 fully saturated rings. The van der Waals surface area contributed by atoms with Crippen LogP contribution in [0.3, 0.4) is 0 Å². The summed E-state index contributed by atoms with van der Waals surface area (Å²) in [5, 5.41) is 0. The minimum Gasteiger partial charge on any atom is -0.300 e. The first-order chi connectivity index (χ1) is 1.73. The Hall–Kier alpha value is 1.25. The molecular weight excluding hydrogens is 204 g/mol. The average molecular weight is 210 g/mol. The molecule has 0 radical (unpaired) electrons. The predicted octanol–water partition coefficient (Wildman–Crippen LogP) is 0.595. The number of ketones is 1. The van der Waals surface area contributed by atoms with E-state index in [0.29, 0.717) is 0 Å². The quantitative estimate of drug-likeness (QED) is 0.572. The van der Waals surface area contributed by atoms with Gasteiger partial charge in [-0.2, -0.15) is 0 Å². The molecule has 0 aromatic carbocycles. The van der Waals surface area contributed by atoms with Gasteiger partial charge in [0.1, 0.15) is 5.78 Å². The first kappa shape index (κ1) is 9.54. The van der Waals surface area contributed by atoms with E-state index < -0.39 is 0 Å². The normalized spacial score (nSPS) is 5.20. The number of carbonyl (C=O) groups is 1. The van der Waals surface area contributed by atoms with E-state index >= 15 is 0 Å². The Bertz CT molecular complexity index is 29.9. The van der Waals surface area contributed by atoms with Crippen molar-refractivity contribution in [2.24, 2.45) is 0 Å². The fraction of sp³-hybridized carbons (Fsp3) is 0.667. The van der Waals surface area contributed by atoms with E-state index in [2.05, 4.69) is 0 Å². The molecule has 2 heteroatoms. The fourth-order valence-corrected chi connectivity index (χ4v) is 0. The van der Waals surface area contributed by atoms with Gasteiger partial charge in [-0.25, -0.2) is 0 Å². The molecule has 0 aliphatic heterocycles. The molecule has 0 bridgehead atoms. The van der Waals surface area contributed by atoms with E-state index in [9.17, 15) is 4.79 Å². The van der Waals surface area contributed by atoms with Gasteiger partial charge in [-0.1, -0.05) is 0 Å². The van der Waals surface area contributed by atoms with Crippen molar-refractivity contribution in [2.45, 2.75) is 13.8 Å². The first-order valence-corrected chi connectivity index (χ1v) is 1.20. The van der Waals surface area contributed by atoms with E-state index in [1.807, 2.05) is 0 Å². The van der Waals surface area contributed by atoms with Gasteiger partial charge in [0.05, 0.1) is 0 Å². The summed E-state index contributed by atoms with van der Waals surface area (Å²) in [5.41, 5.74) is 0. The molecule has 28 valence electrons. The second-order valence-electron chi connectivity index (χ2n) is 0.908. The van der Waals surface area contributed by atoms with Gasteiger partial charge in [-0.05, 0) is 13.8 Å². The largest absolute Gasteiger partial charge is 3.00 e. The third-order valence-electron chi connectivity index (χ3n) is 0. The van der Waals surface area contributed by atoms with Crippen LogP contribution >= 0.6 is 0 Å². The molecule has 0 rings (SSSR count). The number of hydrogen-bond donors (Lipinski definition) is 0. The van der Waals surface area contributed by atoms with Crippen molar-refractivity contribution in [1.82, 2.24) is 0 Å². The standard InChI is InChI=1S/C3H6O.Eu/c1-3(2)4;/h1-2H3;/q;+3. The maximum Gasteiger partial charge on any atom is 3.00 e. The van der Waals surface area contributed by atoms with Crippen LogP contribution in [-0.4, -0.2) is 5.78 Å². The van der Waals surface area contributed by atoms with Gasteiger partial charge in [-0.15, -0.1) is 0 Å². The Kier molecular flexibility index (Phi) is 10.0. The van der Waals surface area contributed by atoms with Crippen LogP contribution in [0.4, 0.5) is 0 Å². The molecule has 0 N–H and O–H groups in total. The summed E-state index contributed by atoms with van der Waals surface area (Å²) in [4.78, 5) is 9.44. The molecule has 0 spiro atoms. The predicted molar refractivity (Wildman–Crippen MR) is 16.4 cm³/mol. The summed E-state index contributed by atoms with van der Waals surface area (Å²) in [6.45, 7) is 3.06. The van der Waals surface area contributed by atoms with Crippen LogP contribution in [0.1, 0.15) is 13.8 Å². The van der Waals surface area contributed by atoms with Gasteiger partial charge in [0.2, 0.25) is 0 Å². The summed E-state index contributed by atoms with van der Waals surface area (Å²) in [5.74, 6) is 0.167. The SMILES string of the molecule is CC(C)=O.[Eu+3]. The summed E-state index contributed by atoms with van der Waals surface area (Å²) in [6.07, 6.45) is 0. The maximum atomic E-state index is 9.44. The first-order valence-electron chi connectivity index (χ1n) is 1.20. The molecule has 5 heavy (non-hydrogen) atoms. The molecule has 0 aromatic heterocycles. The monoisotopic (exact) mass is 211 g/mol. The zero-order chi connectivity index (χ0) is 3.58. The van der Waals surface area contributed by atoms with Crippen LogP contribution in [0.5, 0.6) is 0 Å². The van der Waals surface area contributed by atoms with Crippen molar-refractivity contribution >= 4 is 5.78 Å². The molecule has 0 aliphatic rings. The summed E-state index contributed by atoms with van der Waals surface area (Å²) in [6, 6.07) is 0. The number of carbonyl (C=O) groups excluding carboxylic acids is 1. The van der Waals surface area contributed by atoms with Crippen LogP contribution < -0.4 is 0 Å². The molecular formula is C3H6EuO+3. The molecule has 0 amide bonds. The van der Waals surface area contributed by atoms with Crippen LogP contribution in [0, 0.1) is 49.4 Å². The van der Waals surface area contributed by atoms with E-state index in [1.54, 1.807) is 0 Å². The second-order valence-corrected chi connectivity index (χ2v) is 0.908. The smallest absolute Gasteiger partial charge is 0.300 e. The molecule has 0 aliphatic carbocycles. The van der Waals surface area contributed by atoms with E-state index in [4.69, 9.17) is 0 Å². The zero-order valence-electron chi connectivity index (χ0n) is 3.29. The van der Waals surface area contributed by atoms with Crippen molar-refractivity contribution < 1.29 is 54.2 Å². The summed E-state index contributed by atoms with van der Waals surface area (Å²) < 4.78 is 0. The molecule has 0 heterocycles. The van der Waals surface area contributed by atoms with Crippen molar-refractivity contribution in [3.8, 4) is 0 Å². The van der Waals surface area contributed by atoms with Crippen molar-refractivity contribution in [3.05, 3.63) is 0 Å². The Labute approximate surface area is 72.7 Å². The fourth-order valence-electron chi connectivity index (χ4n) is 0. The zero-order valence-corrected chi connectivity index (χ0v) is 5.71. The van der Waals surface area contributed by atoms with Gasteiger partial charge in [0.25, 0.3) is 0 Å². The van der Waals surface area contributed by atoms with E-state index in [1.165, 1.54) is 13.8 Å². The Balaban J connectivity index is 0. The molecule has 0 aromatic rings. The van der Waals surface area contributed by atoms with Crippen LogP contribution in [-0.2, 0) is 4.79 Å². The Morgan fingerprint density at radius 1 is 1.40 bits per heavy atom. The minimum atomic E-state index is 0. The van der Waals surface area contributed by atoms with Gasteiger partial charge in [0, 0.05) is 0 Å². The van der Waals surface area contributed by atoms with Crippen LogP contribution in [0.2, 0.25) is 0 Å². The molecule has 0 saturated carbocycles. The average Bonchev–Trinajstić information content (AvgIpc) is 0.811. The maximum absolute atomic E-state index is 9.44. The van der Waals surface area contributed by atoms with Gasteiger partial charge < -0.3 is 4.79 Å². The third kappa shape index (κ3) is 35.4. The Morgan fingerprint density at radius 2 is 1.40 bits per heavy atom. The van der Waals surface area contributed by atoms with Crippen molar-refractivity contribution in [1.29, 1.82) is 0 Å². The van der Waals surface area contributed by atoms with Crippen molar-refractivity contribution in [2.75, 3.05) is 0 Å². The number of Topliss-reactive ketones (excluding diaryl/α,β-unsaturated/α-hetero) is 1. The molecule has 0 saturated heterocycles. The van der Waals surface area contributed by atoms with Gasteiger partial charge in [-0.3, -0.25) is 0 Å². The van der Waals surface area contributed by atoms with Crippen molar-refractivity contribution in [3.63, 3.8) is 0 Å². The van der Waals surface area contributed by atoms with Crippen LogP contribution in [0.25, 0.3) is 0 Å². The molecule has 1 nitrogen and oxygen atoms in total. The minimum absolute atomic E-state index is 0. The summed E-state index contributed by atoms with van der Waals surface area (Å²) >= 11 is 0. The number of hydrogen-bond acceptors (Lipinski definition) is 1. The van der Waals surface area contributed by atoms with E-state index in [-0.39, 0.29) is 55.2 Å². The molecule has 0 unspecified atom stereocenters.